The summed E-state index contributed by atoms with van der Waals surface area (Å²) in [5.41, 5.74) is 10.1. The molecule has 2 aliphatic carbocycles. The van der Waals surface area contributed by atoms with Gasteiger partial charge in [0.15, 0.2) is 0 Å². The molecule has 8 rings (SSSR count). The number of hydrogen-bond donors (Lipinski definition) is 3. The van der Waals surface area contributed by atoms with Crippen molar-refractivity contribution in [2.75, 3.05) is 0 Å². The Bertz CT molecular complexity index is 2310. The van der Waals surface area contributed by atoms with Gasteiger partial charge in [-0.25, -0.2) is 9.78 Å². The number of hydrogen-bond acceptors (Lipinski definition) is 3. The van der Waals surface area contributed by atoms with E-state index in [0.29, 0.717) is 11.5 Å². The first kappa shape index (κ1) is 30.2. The van der Waals surface area contributed by atoms with Gasteiger partial charge in [-0.1, -0.05) is 43.2 Å². The van der Waals surface area contributed by atoms with E-state index in [1.807, 2.05) is 35.9 Å². The fraction of sp³-hybridized carbons (Fsp3) is 0.325. The summed E-state index contributed by atoms with van der Waals surface area (Å²) in [7, 11) is 4.11. The third kappa shape index (κ3) is 4.76. The van der Waals surface area contributed by atoms with Crippen molar-refractivity contribution >= 4 is 50.8 Å². The number of carboxylic acid groups (broad SMARTS) is 1. The molecule has 0 radical (unpaired) electrons. The Hall–Kier alpha value is -5.11. The number of carbonyl (C=O) groups excluding carboxylic acids is 1. The van der Waals surface area contributed by atoms with Crippen LogP contribution in [0.1, 0.15) is 90.8 Å². The molecule has 0 saturated heterocycles. The normalized spacial score (nSPS) is 16.6. The van der Waals surface area contributed by atoms with Crippen LogP contribution >= 0.6 is 0 Å². The Morgan fingerprint density at radius 1 is 0.979 bits per heavy atom. The zero-order valence-electron chi connectivity index (χ0n) is 28.0. The van der Waals surface area contributed by atoms with E-state index in [4.69, 9.17) is 4.98 Å². The van der Waals surface area contributed by atoms with Crippen molar-refractivity contribution in [2.45, 2.75) is 70.3 Å². The Balaban J connectivity index is 1.18. The molecular weight excluding hydrogens is 598 g/mol. The molecule has 3 aromatic carbocycles. The van der Waals surface area contributed by atoms with Crippen LogP contribution in [-0.2, 0) is 24.4 Å². The second kappa shape index (κ2) is 11.3. The predicted octanol–water partition coefficient (Wildman–Crippen LogP) is 8.48. The van der Waals surface area contributed by atoms with Gasteiger partial charge in [0.25, 0.3) is 5.91 Å². The van der Waals surface area contributed by atoms with Crippen LogP contribution in [0.2, 0.25) is 0 Å². The number of aromatic amines is 1. The highest BCUT2D eigenvalue weighted by Gasteiger charge is 2.44. The molecule has 2 saturated carbocycles. The number of aryl methyl sites for hydroxylation is 3. The number of fused-ring (bicyclic) bond motifs is 3. The first-order valence-electron chi connectivity index (χ1n) is 17.1. The van der Waals surface area contributed by atoms with Crippen LogP contribution in [0.25, 0.3) is 50.2 Å². The lowest BCUT2D eigenvalue weighted by atomic mass is 9.75. The zero-order chi connectivity index (χ0) is 33.3. The lowest BCUT2D eigenvalue weighted by molar-refractivity contribution is -0.132. The molecule has 3 aromatic heterocycles. The van der Waals surface area contributed by atoms with Crippen LogP contribution in [0.4, 0.5) is 0 Å². The van der Waals surface area contributed by atoms with E-state index in [1.165, 1.54) is 53.3 Å². The van der Waals surface area contributed by atoms with E-state index in [9.17, 15) is 14.7 Å². The molecule has 244 valence electrons. The van der Waals surface area contributed by atoms with Crippen LogP contribution in [0, 0.1) is 6.92 Å². The first-order chi connectivity index (χ1) is 23.1. The van der Waals surface area contributed by atoms with Gasteiger partial charge < -0.3 is 24.5 Å². The summed E-state index contributed by atoms with van der Waals surface area (Å²) in [6.07, 6.45) is 9.15. The minimum atomic E-state index is -0.940. The van der Waals surface area contributed by atoms with E-state index < -0.39 is 11.5 Å². The molecule has 48 heavy (non-hydrogen) atoms. The second-order valence-corrected chi connectivity index (χ2v) is 14.0. The van der Waals surface area contributed by atoms with Gasteiger partial charge in [-0.15, -0.1) is 0 Å². The number of benzene rings is 3. The number of imidazole rings is 1. The van der Waals surface area contributed by atoms with Crippen molar-refractivity contribution in [3.63, 3.8) is 0 Å². The van der Waals surface area contributed by atoms with Crippen molar-refractivity contribution in [1.82, 2.24) is 24.4 Å². The molecule has 0 spiro atoms. The molecule has 0 aliphatic heterocycles. The summed E-state index contributed by atoms with van der Waals surface area (Å²) >= 11 is 0. The Morgan fingerprint density at radius 3 is 2.50 bits per heavy atom. The van der Waals surface area contributed by atoms with Crippen LogP contribution in [0.5, 0.6) is 0 Å². The monoisotopic (exact) mass is 639 g/mol. The summed E-state index contributed by atoms with van der Waals surface area (Å²) in [6, 6.07) is 20.7. The summed E-state index contributed by atoms with van der Waals surface area (Å²) < 4.78 is 4.35. The van der Waals surface area contributed by atoms with E-state index in [2.05, 4.69) is 65.2 Å². The Morgan fingerprint density at radius 2 is 1.77 bits per heavy atom. The van der Waals surface area contributed by atoms with Crippen LogP contribution in [-0.4, -0.2) is 36.1 Å². The summed E-state index contributed by atoms with van der Waals surface area (Å²) in [5, 5.41) is 15.2. The summed E-state index contributed by atoms with van der Waals surface area (Å²) in [4.78, 5) is 34.1. The van der Waals surface area contributed by atoms with Gasteiger partial charge in [-0.3, -0.25) is 4.79 Å². The van der Waals surface area contributed by atoms with Gasteiger partial charge in [-0.05, 0) is 99.4 Å². The number of para-hydroxylation sites is 1. The van der Waals surface area contributed by atoms with Crippen molar-refractivity contribution < 1.29 is 14.7 Å². The molecular formula is C40H41N5O3. The van der Waals surface area contributed by atoms with E-state index in [-0.39, 0.29) is 11.5 Å². The fourth-order valence-corrected chi connectivity index (χ4v) is 8.31. The lowest BCUT2D eigenvalue weighted by Gasteiger charge is -2.41. The quantitative estimate of drug-likeness (QED) is 0.152. The van der Waals surface area contributed by atoms with Crippen molar-refractivity contribution in [3.8, 4) is 11.3 Å². The molecule has 1 amide bonds. The van der Waals surface area contributed by atoms with E-state index in [0.717, 1.165) is 58.4 Å². The van der Waals surface area contributed by atoms with Crippen LogP contribution < -0.4 is 5.32 Å². The average Bonchev–Trinajstić information content (AvgIpc) is 3.84. The summed E-state index contributed by atoms with van der Waals surface area (Å²) in [5.74, 6) is 0.281. The second-order valence-electron chi connectivity index (χ2n) is 14.0. The number of H-pyrrole nitrogens is 1. The molecule has 0 bridgehead atoms. The predicted molar refractivity (Wildman–Crippen MR) is 191 cm³/mol. The maximum absolute atomic E-state index is 14.1. The third-order valence-electron chi connectivity index (χ3n) is 10.9. The van der Waals surface area contributed by atoms with E-state index in [1.54, 1.807) is 13.0 Å². The van der Waals surface area contributed by atoms with Crippen molar-refractivity contribution in [3.05, 3.63) is 94.4 Å². The number of carbonyl (C=O) groups is 2. The standard InChI is InChI=1S/C40H41N5O3/c1-23(38(47)48)19-25-13-16-31-33(21-25)45(4)39(42-31)40(17-8-18-40)43-37(46)28-14-15-29-32(22-28)44(3)36(34(29)26-9-5-6-10-26)30-12-7-11-27-20-24(2)41-35(27)30/h7,11-16,19-22,26,41H,5-6,8-10,17-18H2,1-4H3,(H,43,46)(H,47,48)/b23-19+. The number of rotatable bonds is 7. The molecule has 8 nitrogen and oxygen atoms in total. The number of carboxylic acids is 1. The molecule has 2 fully saturated rings. The molecule has 0 unspecified atom stereocenters. The minimum absolute atomic E-state index is 0.100. The smallest absolute Gasteiger partial charge is 0.331 e. The third-order valence-corrected chi connectivity index (χ3v) is 10.9. The molecule has 0 atom stereocenters. The largest absolute Gasteiger partial charge is 0.478 e. The summed E-state index contributed by atoms with van der Waals surface area (Å²) in [6.45, 7) is 3.70. The van der Waals surface area contributed by atoms with Crippen LogP contribution in [0.15, 0.2) is 66.2 Å². The number of aromatic nitrogens is 4. The SMILES string of the molecule is C/C(=C\c1ccc2nc(C3(NC(=O)c4ccc5c(C6CCCC6)c(-c6cccc7cc(C)[nH]c67)n(C)c5c4)CCC3)n(C)c2c1)C(=O)O. The zero-order valence-corrected chi connectivity index (χ0v) is 28.0. The van der Waals surface area contributed by atoms with Crippen LogP contribution in [0.3, 0.4) is 0 Å². The molecule has 3 N–H and O–H groups in total. The number of aliphatic carboxylic acids is 1. The topological polar surface area (TPSA) is 105 Å². The van der Waals surface area contributed by atoms with Gasteiger partial charge in [0, 0.05) is 52.8 Å². The van der Waals surface area contributed by atoms with Gasteiger partial charge in [0.2, 0.25) is 0 Å². The Labute approximate surface area is 279 Å². The first-order valence-corrected chi connectivity index (χ1v) is 17.1. The minimum Gasteiger partial charge on any atom is -0.478 e. The van der Waals surface area contributed by atoms with Gasteiger partial charge in [0.1, 0.15) is 5.82 Å². The maximum Gasteiger partial charge on any atom is 0.331 e. The fourth-order valence-electron chi connectivity index (χ4n) is 8.31. The molecule has 6 aromatic rings. The lowest BCUT2D eigenvalue weighted by Crippen LogP contribution is -2.52. The van der Waals surface area contributed by atoms with Gasteiger partial charge in [-0.2, -0.15) is 0 Å². The highest BCUT2D eigenvalue weighted by Crippen LogP contribution is 2.46. The van der Waals surface area contributed by atoms with Gasteiger partial charge in [0.05, 0.1) is 27.8 Å². The molecule has 3 heterocycles. The number of nitrogens with zero attached hydrogens (tertiary/aromatic N) is 3. The van der Waals surface area contributed by atoms with Crippen molar-refractivity contribution in [1.29, 1.82) is 0 Å². The Kier molecular flexibility index (Phi) is 7.09. The maximum atomic E-state index is 14.1. The average molecular weight is 640 g/mol. The number of amides is 1. The van der Waals surface area contributed by atoms with Crippen molar-refractivity contribution in [2.24, 2.45) is 14.1 Å². The highest BCUT2D eigenvalue weighted by atomic mass is 16.4. The molecule has 8 heteroatoms. The van der Waals surface area contributed by atoms with E-state index >= 15 is 0 Å². The van der Waals surface area contributed by atoms with Gasteiger partial charge >= 0.3 is 5.97 Å². The number of nitrogens with one attached hydrogen (secondary N) is 2. The highest BCUT2D eigenvalue weighted by molar-refractivity contribution is 6.04. The molecule has 2 aliphatic rings.